The highest BCUT2D eigenvalue weighted by molar-refractivity contribution is 5.30. The van der Waals surface area contributed by atoms with Gasteiger partial charge in [0.2, 0.25) is 0 Å². The van der Waals surface area contributed by atoms with E-state index in [-0.39, 0.29) is 0 Å². The molecule has 2 rings (SSSR count). The topological polar surface area (TPSA) is 37.8 Å². The number of hydrogen-bond acceptors (Lipinski definition) is 3. The van der Waals surface area contributed by atoms with Gasteiger partial charge in [-0.1, -0.05) is 6.07 Å². The Labute approximate surface area is 97.5 Å². The summed E-state index contributed by atoms with van der Waals surface area (Å²) in [5.41, 5.74) is 1.09. The first kappa shape index (κ1) is 11.6. The number of nitrogens with zero attached hydrogens (tertiary/aromatic N) is 2. The maximum absolute atomic E-state index is 13.7. The van der Waals surface area contributed by atoms with Crippen LogP contribution in [0.3, 0.4) is 0 Å². The molecule has 2 aromatic rings. The van der Waals surface area contributed by atoms with E-state index in [0.717, 1.165) is 11.6 Å². The van der Waals surface area contributed by atoms with Crippen LogP contribution in [0.1, 0.15) is 17.2 Å². The summed E-state index contributed by atoms with van der Waals surface area (Å²) in [5, 5.41) is 2.95. The highest BCUT2D eigenvalue weighted by Crippen LogP contribution is 2.23. The van der Waals surface area contributed by atoms with Crippen LogP contribution in [0.2, 0.25) is 0 Å². The van der Waals surface area contributed by atoms with Crippen molar-refractivity contribution in [3.63, 3.8) is 0 Å². The number of rotatable bonds is 3. The molecule has 1 heterocycles. The standard InChI is InChI=1S/C12H11F2N3/c1-15-12(8-5-16-7-17-6-8)10-3-2-9(13)4-11(10)14/h2-7,12,15H,1H3. The van der Waals surface area contributed by atoms with Gasteiger partial charge >= 0.3 is 0 Å². The fourth-order valence-corrected chi connectivity index (χ4v) is 1.70. The normalized spacial score (nSPS) is 12.4. The van der Waals surface area contributed by atoms with Crippen LogP contribution in [-0.4, -0.2) is 17.0 Å². The van der Waals surface area contributed by atoms with Gasteiger partial charge in [-0.05, 0) is 13.1 Å². The van der Waals surface area contributed by atoms with Crippen molar-refractivity contribution in [1.29, 1.82) is 0 Å². The Bertz CT molecular complexity index is 502. The monoisotopic (exact) mass is 235 g/mol. The molecule has 1 aromatic heterocycles. The molecule has 17 heavy (non-hydrogen) atoms. The molecule has 0 fully saturated rings. The van der Waals surface area contributed by atoms with Gasteiger partial charge in [-0.25, -0.2) is 18.7 Å². The number of aromatic nitrogens is 2. The van der Waals surface area contributed by atoms with Crippen molar-refractivity contribution >= 4 is 0 Å². The van der Waals surface area contributed by atoms with E-state index in [9.17, 15) is 8.78 Å². The molecule has 0 aliphatic heterocycles. The van der Waals surface area contributed by atoms with Crippen molar-refractivity contribution in [2.45, 2.75) is 6.04 Å². The lowest BCUT2D eigenvalue weighted by molar-refractivity contribution is 0.551. The second-order valence-electron chi connectivity index (χ2n) is 3.56. The zero-order chi connectivity index (χ0) is 12.3. The van der Waals surface area contributed by atoms with E-state index in [1.807, 2.05) is 0 Å². The third-order valence-electron chi connectivity index (χ3n) is 2.48. The van der Waals surface area contributed by atoms with Gasteiger partial charge in [0, 0.05) is 29.6 Å². The highest BCUT2D eigenvalue weighted by atomic mass is 19.1. The summed E-state index contributed by atoms with van der Waals surface area (Å²) < 4.78 is 26.5. The van der Waals surface area contributed by atoms with Crippen LogP contribution in [0.4, 0.5) is 8.78 Å². The third kappa shape index (κ3) is 2.45. The Balaban J connectivity index is 2.42. The summed E-state index contributed by atoms with van der Waals surface area (Å²) in [6, 6.07) is 3.12. The van der Waals surface area contributed by atoms with Gasteiger partial charge in [-0.2, -0.15) is 0 Å². The van der Waals surface area contributed by atoms with E-state index in [2.05, 4.69) is 15.3 Å². The van der Waals surface area contributed by atoms with Crippen molar-refractivity contribution in [1.82, 2.24) is 15.3 Å². The largest absolute Gasteiger partial charge is 0.309 e. The van der Waals surface area contributed by atoms with Crippen molar-refractivity contribution in [2.75, 3.05) is 7.05 Å². The van der Waals surface area contributed by atoms with Crippen molar-refractivity contribution in [2.24, 2.45) is 0 Å². The molecule has 1 N–H and O–H groups in total. The fourth-order valence-electron chi connectivity index (χ4n) is 1.70. The molecular formula is C12H11F2N3. The predicted octanol–water partition coefficient (Wildman–Crippen LogP) is 2.06. The summed E-state index contributed by atoms with van der Waals surface area (Å²) in [6.07, 6.45) is 4.59. The fraction of sp³-hybridized carbons (Fsp3) is 0.167. The quantitative estimate of drug-likeness (QED) is 0.884. The molecule has 0 aliphatic carbocycles. The molecule has 0 saturated heterocycles. The van der Waals surface area contributed by atoms with Crippen LogP contribution in [0, 0.1) is 11.6 Å². The lowest BCUT2D eigenvalue weighted by Gasteiger charge is -2.16. The zero-order valence-corrected chi connectivity index (χ0v) is 9.19. The van der Waals surface area contributed by atoms with E-state index in [0.29, 0.717) is 5.56 Å². The Morgan fingerprint density at radius 1 is 1.18 bits per heavy atom. The van der Waals surface area contributed by atoms with E-state index < -0.39 is 17.7 Å². The van der Waals surface area contributed by atoms with Gasteiger partial charge in [0.05, 0.1) is 6.04 Å². The van der Waals surface area contributed by atoms with Gasteiger partial charge in [0.25, 0.3) is 0 Å². The molecular weight excluding hydrogens is 224 g/mol. The van der Waals surface area contributed by atoms with Crippen molar-refractivity contribution in [3.8, 4) is 0 Å². The van der Waals surface area contributed by atoms with Gasteiger partial charge in [-0.15, -0.1) is 0 Å². The zero-order valence-electron chi connectivity index (χ0n) is 9.19. The third-order valence-corrected chi connectivity index (χ3v) is 2.48. The average Bonchev–Trinajstić information content (AvgIpc) is 2.34. The average molecular weight is 235 g/mol. The molecule has 0 saturated carbocycles. The molecule has 1 atom stereocenters. The number of halogens is 2. The minimum Gasteiger partial charge on any atom is -0.309 e. The smallest absolute Gasteiger partial charge is 0.131 e. The first-order valence-corrected chi connectivity index (χ1v) is 5.09. The van der Waals surface area contributed by atoms with Gasteiger partial charge in [-0.3, -0.25) is 0 Å². The van der Waals surface area contributed by atoms with E-state index in [1.54, 1.807) is 19.4 Å². The Kier molecular flexibility index (Phi) is 3.39. The molecule has 88 valence electrons. The molecule has 0 amide bonds. The second-order valence-corrected chi connectivity index (χ2v) is 3.56. The maximum atomic E-state index is 13.7. The van der Waals surface area contributed by atoms with Crippen LogP contribution < -0.4 is 5.32 Å². The minimum absolute atomic E-state index is 0.365. The van der Waals surface area contributed by atoms with Crippen LogP contribution >= 0.6 is 0 Å². The molecule has 0 aliphatic rings. The molecule has 0 radical (unpaired) electrons. The Morgan fingerprint density at radius 3 is 2.47 bits per heavy atom. The van der Waals surface area contributed by atoms with Crippen molar-refractivity contribution < 1.29 is 8.78 Å². The van der Waals surface area contributed by atoms with Crippen LogP contribution in [0.5, 0.6) is 0 Å². The van der Waals surface area contributed by atoms with Gasteiger partial charge in [0.15, 0.2) is 0 Å². The van der Waals surface area contributed by atoms with Crippen molar-refractivity contribution in [3.05, 3.63) is 59.7 Å². The number of hydrogen-bond donors (Lipinski definition) is 1. The minimum atomic E-state index is -0.592. The summed E-state index contributed by atoms with van der Waals surface area (Å²) >= 11 is 0. The van der Waals surface area contributed by atoms with Crippen LogP contribution in [0.15, 0.2) is 36.9 Å². The van der Waals surface area contributed by atoms with E-state index >= 15 is 0 Å². The SMILES string of the molecule is CNC(c1cncnc1)c1ccc(F)cc1F. The first-order valence-electron chi connectivity index (χ1n) is 5.09. The highest BCUT2D eigenvalue weighted by Gasteiger charge is 2.16. The molecule has 0 spiro atoms. The second kappa shape index (κ2) is 4.97. The van der Waals surface area contributed by atoms with Gasteiger partial charge < -0.3 is 5.32 Å². The molecule has 1 aromatic carbocycles. The van der Waals surface area contributed by atoms with Gasteiger partial charge in [0.1, 0.15) is 18.0 Å². The number of benzene rings is 1. The summed E-state index contributed by atoms with van der Waals surface area (Å²) in [6.45, 7) is 0. The van der Waals surface area contributed by atoms with E-state index in [4.69, 9.17) is 0 Å². The lowest BCUT2D eigenvalue weighted by Crippen LogP contribution is -2.19. The molecule has 5 heteroatoms. The Morgan fingerprint density at radius 2 is 1.88 bits per heavy atom. The summed E-state index contributed by atoms with van der Waals surface area (Å²) in [5.74, 6) is -1.18. The summed E-state index contributed by atoms with van der Waals surface area (Å²) in [7, 11) is 1.69. The maximum Gasteiger partial charge on any atom is 0.131 e. The van der Waals surface area contributed by atoms with Crippen LogP contribution in [-0.2, 0) is 0 Å². The summed E-state index contributed by atoms with van der Waals surface area (Å²) in [4.78, 5) is 7.76. The first-order chi connectivity index (χ1) is 8.22. The predicted molar refractivity (Wildman–Crippen MR) is 59.3 cm³/mol. The van der Waals surface area contributed by atoms with Crippen LogP contribution in [0.25, 0.3) is 0 Å². The number of nitrogens with one attached hydrogen (secondary N) is 1. The lowest BCUT2D eigenvalue weighted by atomic mass is 10.0. The van der Waals surface area contributed by atoms with E-state index in [1.165, 1.54) is 18.5 Å². The molecule has 1 unspecified atom stereocenters. The molecule has 0 bridgehead atoms. The molecule has 3 nitrogen and oxygen atoms in total. The Hall–Kier alpha value is -1.88.